The highest BCUT2D eigenvalue weighted by Crippen LogP contribution is 2.28. The van der Waals surface area contributed by atoms with Crippen molar-refractivity contribution >= 4 is 23.5 Å². The van der Waals surface area contributed by atoms with E-state index in [1.54, 1.807) is 36.4 Å². The molecule has 0 bridgehead atoms. The summed E-state index contributed by atoms with van der Waals surface area (Å²) in [6.07, 6.45) is 0. The van der Waals surface area contributed by atoms with Crippen LogP contribution in [0.2, 0.25) is 0 Å². The van der Waals surface area contributed by atoms with Crippen LogP contribution in [0.5, 0.6) is 11.5 Å². The Labute approximate surface area is 188 Å². The number of hydrogen-bond acceptors (Lipinski definition) is 6. The number of rotatable bonds is 11. The van der Waals surface area contributed by atoms with E-state index in [0.29, 0.717) is 48.4 Å². The van der Waals surface area contributed by atoms with Gasteiger partial charge >= 0.3 is 5.97 Å². The van der Waals surface area contributed by atoms with E-state index in [2.05, 4.69) is 10.6 Å². The predicted molar refractivity (Wildman–Crippen MR) is 121 cm³/mol. The molecule has 0 heterocycles. The molecule has 0 fully saturated rings. The summed E-state index contributed by atoms with van der Waals surface area (Å²) < 4.78 is 16.1. The molecule has 0 atom stereocenters. The van der Waals surface area contributed by atoms with E-state index >= 15 is 0 Å². The Bertz CT molecular complexity index is 942. The van der Waals surface area contributed by atoms with Crippen LogP contribution in [0, 0.1) is 5.92 Å². The number of hydrogen-bond donors (Lipinski definition) is 2. The number of carbonyl (C=O) groups is 3. The summed E-state index contributed by atoms with van der Waals surface area (Å²) in [5, 5.41) is 5.44. The van der Waals surface area contributed by atoms with E-state index < -0.39 is 18.5 Å². The maximum absolute atomic E-state index is 12.4. The molecule has 0 aliphatic rings. The van der Waals surface area contributed by atoms with Crippen molar-refractivity contribution in [3.8, 4) is 11.5 Å². The number of amides is 2. The van der Waals surface area contributed by atoms with Gasteiger partial charge in [-0.2, -0.15) is 0 Å². The van der Waals surface area contributed by atoms with E-state index in [1.165, 1.54) is 6.07 Å². The summed E-state index contributed by atoms with van der Waals surface area (Å²) >= 11 is 0. The van der Waals surface area contributed by atoms with Gasteiger partial charge in [0.25, 0.3) is 11.8 Å². The number of esters is 1. The number of ether oxygens (including phenoxy) is 3. The van der Waals surface area contributed by atoms with Crippen molar-refractivity contribution in [3.63, 3.8) is 0 Å². The van der Waals surface area contributed by atoms with Gasteiger partial charge in [-0.1, -0.05) is 26.0 Å². The second-order valence-electron chi connectivity index (χ2n) is 7.30. The first-order valence-corrected chi connectivity index (χ1v) is 10.6. The number of para-hydroxylation sites is 1. The number of benzene rings is 2. The maximum Gasteiger partial charge on any atom is 0.338 e. The van der Waals surface area contributed by atoms with Gasteiger partial charge in [-0.25, -0.2) is 4.79 Å². The van der Waals surface area contributed by atoms with Gasteiger partial charge in [-0.3, -0.25) is 9.59 Å². The second-order valence-corrected chi connectivity index (χ2v) is 7.30. The third-order valence-electron chi connectivity index (χ3n) is 4.23. The summed E-state index contributed by atoms with van der Waals surface area (Å²) in [4.78, 5) is 37.1. The van der Waals surface area contributed by atoms with Gasteiger partial charge in [0.05, 0.1) is 30.0 Å². The molecule has 0 saturated heterocycles. The molecule has 8 nitrogen and oxygen atoms in total. The fourth-order valence-corrected chi connectivity index (χ4v) is 2.76. The van der Waals surface area contributed by atoms with Crippen LogP contribution >= 0.6 is 0 Å². The third-order valence-corrected chi connectivity index (χ3v) is 4.23. The first-order valence-electron chi connectivity index (χ1n) is 10.6. The Morgan fingerprint density at radius 3 is 2.31 bits per heavy atom. The molecule has 0 aromatic heterocycles. The Morgan fingerprint density at radius 1 is 0.938 bits per heavy atom. The number of nitrogens with one attached hydrogen (secondary N) is 2. The summed E-state index contributed by atoms with van der Waals surface area (Å²) in [6.45, 7) is 8.54. The van der Waals surface area contributed by atoms with Gasteiger partial charge in [0.2, 0.25) is 0 Å². The van der Waals surface area contributed by atoms with Crippen LogP contribution in [0.4, 0.5) is 5.69 Å². The van der Waals surface area contributed by atoms with E-state index in [9.17, 15) is 14.4 Å². The molecule has 8 heteroatoms. The molecule has 0 saturated carbocycles. The summed E-state index contributed by atoms with van der Waals surface area (Å²) in [6, 6.07) is 11.3. The summed E-state index contributed by atoms with van der Waals surface area (Å²) in [7, 11) is 0. The zero-order valence-corrected chi connectivity index (χ0v) is 18.9. The van der Waals surface area contributed by atoms with Crippen molar-refractivity contribution in [2.24, 2.45) is 5.92 Å². The van der Waals surface area contributed by atoms with E-state index in [0.717, 1.165) is 0 Å². The Balaban J connectivity index is 1.99. The van der Waals surface area contributed by atoms with Crippen molar-refractivity contribution in [3.05, 3.63) is 53.6 Å². The largest absolute Gasteiger partial charge is 0.490 e. The maximum atomic E-state index is 12.4. The smallest absolute Gasteiger partial charge is 0.338 e. The van der Waals surface area contributed by atoms with Gasteiger partial charge in [-0.15, -0.1) is 0 Å². The van der Waals surface area contributed by atoms with Gasteiger partial charge in [0, 0.05) is 6.54 Å². The second kappa shape index (κ2) is 12.3. The highest BCUT2D eigenvalue weighted by molar-refractivity contribution is 6.04. The third kappa shape index (κ3) is 7.30. The number of anilines is 1. The van der Waals surface area contributed by atoms with Crippen molar-refractivity contribution in [2.45, 2.75) is 27.7 Å². The van der Waals surface area contributed by atoms with E-state index in [1.807, 2.05) is 27.7 Å². The minimum Gasteiger partial charge on any atom is -0.490 e. The molecule has 0 aliphatic heterocycles. The molecule has 0 spiro atoms. The van der Waals surface area contributed by atoms with Crippen molar-refractivity contribution in [1.82, 2.24) is 5.32 Å². The van der Waals surface area contributed by atoms with Crippen LogP contribution in [0.1, 0.15) is 48.4 Å². The number of carbonyl (C=O) groups excluding carboxylic acids is 3. The van der Waals surface area contributed by atoms with Gasteiger partial charge in [0.15, 0.2) is 18.1 Å². The van der Waals surface area contributed by atoms with Gasteiger partial charge in [0.1, 0.15) is 0 Å². The molecule has 0 radical (unpaired) electrons. The van der Waals surface area contributed by atoms with Gasteiger partial charge < -0.3 is 24.8 Å². The molecule has 172 valence electrons. The Kier molecular flexibility index (Phi) is 9.53. The molecular formula is C24H30N2O6. The lowest BCUT2D eigenvalue weighted by atomic mass is 10.1. The van der Waals surface area contributed by atoms with Crippen molar-refractivity contribution in [1.29, 1.82) is 0 Å². The van der Waals surface area contributed by atoms with Crippen LogP contribution in [0.15, 0.2) is 42.5 Å². The first kappa shape index (κ1) is 24.7. The molecule has 0 unspecified atom stereocenters. The molecule has 0 aliphatic carbocycles. The SMILES string of the molecule is CCOc1ccc(C(=O)OCC(=O)Nc2ccccc2C(=O)NCC(C)C)cc1OCC. The fraction of sp³-hybridized carbons (Fsp3) is 0.375. The van der Waals surface area contributed by atoms with Crippen LogP contribution in [-0.2, 0) is 9.53 Å². The average molecular weight is 443 g/mol. The molecule has 2 aromatic rings. The Hall–Kier alpha value is -3.55. The van der Waals surface area contributed by atoms with Crippen LogP contribution in [0.25, 0.3) is 0 Å². The fourth-order valence-electron chi connectivity index (χ4n) is 2.76. The van der Waals surface area contributed by atoms with Gasteiger partial charge in [-0.05, 0) is 50.1 Å². The molecule has 2 N–H and O–H groups in total. The lowest BCUT2D eigenvalue weighted by Gasteiger charge is -2.13. The molecule has 32 heavy (non-hydrogen) atoms. The summed E-state index contributed by atoms with van der Waals surface area (Å²) in [5.41, 5.74) is 0.911. The predicted octanol–water partition coefficient (Wildman–Crippen LogP) is 3.67. The topological polar surface area (TPSA) is 103 Å². The standard InChI is InChI=1S/C24H30N2O6/c1-5-30-20-12-11-17(13-21(20)31-6-2)24(29)32-15-22(27)26-19-10-8-7-9-18(19)23(28)25-14-16(3)4/h7-13,16H,5-6,14-15H2,1-4H3,(H,25,28)(H,26,27). The molecule has 2 amide bonds. The lowest BCUT2D eigenvalue weighted by molar-refractivity contribution is -0.119. The average Bonchev–Trinajstić information content (AvgIpc) is 2.77. The van der Waals surface area contributed by atoms with Crippen molar-refractivity contribution in [2.75, 3.05) is 31.7 Å². The highest BCUT2D eigenvalue weighted by atomic mass is 16.5. The zero-order chi connectivity index (χ0) is 23.5. The van der Waals surface area contributed by atoms with E-state index in [4.69, 9.17) is 14.2 Å². The highest BCUT2D eigenvalue weighted by Gasteiger charge is 2.16. The zero-order valence-electron chi connectivity index (χ0n) is 18.9. The minimum atomic E-state index is -0.674. The van der Waals surface area contributed by atoms with Crippen molar-refractivity contribution < 1.29 is 28.6 Å². The van der Waals surface area contributed by atoms with Crippen LogP contribution in [0.3, 0.4) is 0 Å². The Morgan fingerprint density at radius 2 is 1.62 bits per heavy atom. The van der Waals surface area contributed by atoms with Crippen LogP contribution in [-0.4, -0.2) is 44.1 Å². The monoisotopic (exact) mass is 442 g/mol. The minimum absolute atomic E-state index is 0.234. The molecule has 2 rings (SSSR count). The normalized spacial score (nSPS) is 10.4. The van der Waals surface area contributed by atoms with E-state index in [-0.39, 0.29) is 11.5 Å². The summed E-state index contributed by atoms with van der Waals surface area (Å²) in [5.74, 6) is -0.272. The van der Waals surface area contributed by atoms with Crippen LogP contribution < -0.4 is 20.1 Å². The first-order chi connectivity index (χ1) is 15.3. The lowest BCUT2D eigenvalue weighted by Crippen LogP contribution is -2.29. The quantitative estimate of drug-likeness (QED) is 0.515. The molecular weight excluding hydrogens is 412 g/mol. The molecule has 2 aromatic carbocycles.